The quantitative estimate of drug-likeness (QED) is 0.646. The minimum absolute atomic E-state index is 0.198. The summed E-state index contributed by atoms with van der Waals surface area (Å²) >= 11 is 0. The van der Waals surface area contributed by atoms with Gasteiger partial charge in [-0.05, 0) is 18.8 Å². The van der Waals surface area contributed by atoms with E-state index in [2.05, 4.69) is 12.2 Å². The normalized spacial score (nSPS) is 30.4. The maximum Gasteiger partial charge on any atom is 0.219 e. The third-order valence-corrected chi connectivity index (χ3v) is 2.53. The van der Waals surface area contributed by atoms with Crippen LogP contribution in [0.15, 0.2) is 0 Å². The van der Waals surface area contributed by atoms with Crippen molar-refractivity contribution < 1.29 is 4.79 Å². The van der Waals surface area contributed by atoms with Crippen LogP contribution in [0.5, 0.6) is 0 Å². The lowest BCUT2D eigenvalue weighted by Gasteiger charge is -2.16. The van der Waals surface area contributed by atoms with E-state index in [4.69, 9.17) is 0 Å². The molecule has 0 aromatic heterocycles. The summed E-state index contributed by atoms with van der Waals surface area (Å²) < 4.78 is 0. The average molecular weight is 155 g/mol. The van der Waals surface area contributed by atoms with Crippen LogP contribution in [-0.2, 0) is 4.79 Å². The smallest absolute Gasteiger partial charge is 0.219 e. The van der Waals surface area contributed by atoms with Gasteiger partial charge in [0.05, 0.1) is 0 Å². The minimum atomic E-state index is 0.198. The van der Waals surface area contributed by atoms with E-state index in [1.807, 2.05) is 6.92 Å². The molecular formula is C9H17NO. The molecule has 0 aromatic carbocycles. The second kappa shape index (κ2) is 3.74. The third kappa shape index (κ3) is 2.21. The van der Waals surface area contributed by atoms with Crippen molar-refractivity contribution in [1.82, 2.24) is 5.32 Å². The Morgan fingerprint density at radius 1 is 1.55 bits per heavy atom. The fraction of sp³-hybridized carbons (Fsp3) is 0.889. The Morgan fingerprint density at radius 3 is 2.73 bits per heavy atom. The lowest BCUT2D eigenvalue weighted by Crippen LogP contribution is -2.35. The van der Waals surface area contributed by atoms with E-state index in [1.54, 1.807) is 0 Å². The van der Waals surface area contributed by atoms with Crippen LogP contribution in [0.3, 0.4) is 0 Å². The predicted octanol–water partition coefficient (Wildman–Crippen LogP) is 1.70. The summed E-state index contributed by atoms with van der Waals surface area (Å²) in [5.41, 5.74) is 0. The molecule has 1 amide bonds. The zero-order valence-corrected chi connectivity index (χ0v) is 7.39. The van der Waals surface area contributed by atoms with Crippen LogP contribution in [0.1, 0.15) is 39.5 Å². The monoisotopic (exact) mass is 155 g/mol. The zero-order valence-electron chi connectivity index (χ0n) is 7.39. The summed E-state index contributed by atoms with van der Waals surface area (Å²) in [4.78, 5) is 11.0. The topological polar surface area (TPSA) is 29.1 Å². The third-order valence-electron chi connectivity index (χ3n) is 2.53. The van der Waals surface area contributed by atoms with Crippen molar-refractivity contribution in [2.24, 2.45) is 5.92 Å². The number of hydrogen-bond acceptors (Lipinski definition) is 1. The molecule has 64 valence electrons. The summed E-state index contributed by atoms with van der Waals surface area (Å²) in [6, 6.07) is 0.461. The van der Waals surface area contributed by atoms with Gasteiger partial charge in [-0.2, -0.15) is 0 Å². The van der Waals surface area contributed by atoms with Crippen LogP contribution in [0, 0.1) is 5.92 Å². The molecule has 1 fully saturated rings. The first-order valence-corrected chi connectivity index (χ1v) is 4.53. The van der Waals surface area contributed by atoms with E-state index >= 15 is 0 Å². The van der Waals surface area contributed by atoms with Gasteiger partial charge in [-0.1, -0.05) is 20.3 Å². The highest BCUT2D eigenvalue weighted by Gasteiger charge is 2.23. The van der Waals surface area contributed by atoms with Crippen molar-refractivity contribution in [3.8, 4) is 0 Å². The van der Waals surface area contributed by atoms with Crippen molar-refractivity contribution in [1.29, 1.82) is 0 Å². The molecule has 2 nitrogen and oxygen atoms in total. The first kappa shape index (κ1) is 8.57. The number of nitrogens with one attached hydrogen (secondary N) is 1. The number of hydrogen-bond donors (Lipinski definition) is 1. The van der Waals surface area contributed by atoms with Gasteiger partial charge >= 0.3 is 0 Å². The van der Waals surface area contributed by atoms with Gasteiger partial charge in [-0.25, -0.2) is 0 Å². The maximum absolute atomic E-state index is 11.0. The molecular weight excluding hydrogens is 138 g/mol. The van der Waals surface area contributed by atoms with Crippen LogP contribution in [0.4, 0.5) is 0 Å². The van der Waals surface area contributed by atoms with Gasteiger partial charge in [0.15, 0.2) is 0 Å². The fourth-order valence-corrected chi connectivity index (χ4v) is 1.67. The molecule has 0 aromatic rings. The Labute approximate surface area is 68.4 Å². The molecule has 0 saturated heterocycles. The second-order valence-electron chi connectivity index (χ2n) is 3.44. The van der Waals surface area contributed by atoms with Gasteiger partial charge in [-0.15, -0.1) is 0 Å². The average Bonchev–Trinajstić information content (AvgIpc) is 2.37. The van der Waals surface area contributed by atoms with Gasteiger partial charge in [0.25, 0.3) is 0 Å². The maximum atomic E-state index is 11.0. The van der Waals surface area contributed by atoms with Gasteiger partial charge in [0.1, 0.15) is 0 Å². The number of carbonyl (C=O) groups excluding carboxylic acids is 1. The highest BCUT2D eigenvalue weighted by Crippen LogP contribution is 2.24. The van der Waals surface area contributed by atoms with Gasteiger partial charge in [-0.3, -0.25) is 4.79 Å². The molecule has 2 atom stereocenters. The minimum Gasteiger partial charge on any atom is -0.353 e. The number of amides is 1. The molecule has 2 heteroatoms. The Balaban J connectivity index is 2.30. The van der Waals surface area contributed by atoms with Gasteiger partial charge in [0.2, 0.25) is 5.91 Å². The summed E-state index contributed by atoms with van der Waals surface area (Å²) in [6.07, 6.45) is 4.33. The molecule has 0 radical (unpaired) electrons. The van der Waals surface area contributed by atoms with Gasteiger partial charge < -0.3 is 5.32 Å². The molecule has 1 aliphatic rings. The summed E-state index contributed by atoms with van der Waals surface area (Å²) in [6.45, 7) is 4.11. The van der Waals surface area contributed by atoms with E-state index < -0.39 is 0 Å². The van der Waals surface area contributed by atoms with Crippen LogP contribution < -0.4 is 5.32 Å². The molecule has 0 unspecified atom stereocenters. The van der Waals surface area contributed by atoms with Crippen LogP contribution in [-0.4, -0.2) is 11.9 Å². The molecule has 0 heterocycles. The Morgan fingerprint density at radius 2 is 2.27 bits per heavy atom. The molecule has 0 spiro atoms. The van der Waals surface area contributed by atoms with Crippen molar-refractivity contribution in [3.05, 3.63) is 0 Å². The van der Waals surface area contributed by atoms with Crippen LogP contribution >= 0.6 is 0 Å². The molecule has 1 N–H and O–H groups in total. The zero-order chi connectivity index (χ0) is 8.27. The molecule has 0 bridgehead atoms. The SMILES string of the molecule is CCC(=O)N[C@@H]1CCC[C@@H]1C. The van der Waals surface area contributed by atoms with Crippen LogP contribution in [0.2, 0.25) is 0 Å². The summed E-state index contributed by atoms with van der Waals surface area (Å²) in [5, 5.41) is 3.04. The molecule has 11 heavy (non-hydrogen) atoms. The van der Waals surface area contributed by atoms with Crippen molar-refractivity contribution in [2.45, 2.75) is 45.6 Å². The second-order valence-corrected chi connectivity index (χ2v) is 3.44. The Bertz CT molecular complexity index is 144. The van der Waals surface area contributed by atoms with E-state index in [9.17, 15) is 4.79 Å². The molecule has 1 aliphatic carbocycles. The fourth-order valence-electron chi connectivity index (χ4n) is 1.67. The molecule has 1 rings (SSSR count). The van der Waals surface area contributed by atoms with Crippen molar-refractivity contribution >= 4 is 5.91 Å². The molecule has 1 saturated carbocycles. The number of carbonyl (C=O) groups is 1. The largest absolute Gasteiger partial charge is 0.353 e. The Kier molecular flexibility index (Phi) is 2.92. The van der Waals surface area contributed by atoms with Gasteiger partial charge in [0, 0.05) is 12.5 Å². The first-order valence-electron chi connectivity index (χ1n) is 4.53. The lowest BCUT2D eigenvalue weighted by molar-refractivity contribution is -0.121. The predicted molar refractivity (Wildman–Crippen MR) is 45.2 cm³/mol. The van der Waals surface area contributed by atoms with E-state index in [1.165, 1.54) is 19.3 Å². The van der Waals surface area contributed by atoms with Crippen molar-refractivity contribution in [2.75, 3.05) is 0 Å². The van der Waals surface area contributed by atoms with Crippen molar-refractivity contribution in [3.63, 3.8) is 0 Å². The van der Waals surface area contributed by atoms with Crippen LogP contribution in [0.25, 0.3) is 0 Å². The van der Waals surface area contributed by atoms with E-state index in [0.717, 1.165) is 0 Å². The Hall–Kier alpha value is -0.530. The summed E-state index contributed by atoms with van der Waals surface area (Å²) in [7, 11) is 0. The lowest BCUT2D eigenvalue weighted by atomic mass is 10.1. The summed E-state index contributed by atoms with van der Waals surface area (Å²) in [5.74, 6) is 0.884. The van der Waals surface area contributed by atoms with E-state index in [0.29, 0.717) is 18.4 Å². The first-order chi connectivity index (χ1) is 5.24. The number of rotatable bonds is 2. The highest BCUT2D eigenvalue weighted by atomic mass is 16.1. The standard InChI is InChI=1S/C9H17NO/c1-3-9(11)10-8-6-4-5-7(8)2/h7-8H,3-6H2,1-2H3,(H,10,11)/t7-,8+/m0/s1. The highest BCUT2D eigenvalue weighted by molar-refractivity contribution is 5.75. The van der Waals surface area contributed by atoms with E-state index in [-0.39, 0.29) is 5.91 Å². The molecule has 0 aliphatic heterocycles.